The van der Waals surface area contributed by atoms with Crippen molar-refractivity contribution in [2.24, 2.45) is 0 Å². The summed E-state index contributed by atoms with van der Waals surface area (Å²) in [7, 11) is -3.83. The van der Waals surface area contributed by atoms with E-state index in [2.05, 4.69) is 14.9 Å². The van der Waals surface area contributed by atoms with Crippen molar-refractivity contribution in [2.75, 3.05) is 4.72 Å². The second-order valence-corrected chi connectivity index (χ2v) is 6.79. The summed E-state index contributed by atoms with van der Waals surface area (Å²) in [5.74, 6) is 0.509. The first-order valence-electron chi connectivity index (χ1n) is 5.99. The zero-order valence-electron chi connectivity index (χ0n) is 10.9. The first-order valence-corrected chi connectivity index (χ1v) is 8.29. The molecule has 0 unspecified atom stereocenters. The SMILES string of the molecule is N#Cc1cccc(S(=O)(=O)Nc2nnc(-c3ccco3)s2)c1. The average molecular weight is 332 g/mol. The lowest BCUT2D eigenvalue weighted by Crippen LogP contribution is -2.12. The molecular formula is C13H8N4O3S2. The van der Waals surface area contributed by atoms with Crippen molar-refractivity contribution in [3.05, 3.63) is 48.2 Å². The highest BCUT2D eigenvalue weighted by atomic mass is 32.2. The molecule has 2 heterocycles. The minimum Gasteiger partial charge on any atom is -0.462 e. The van der Waals surface area contributed by atoms with Crippen molar-refractivity contribution in [3.8, 4) is 16.8 Å². The van der Waals surface area contributed by atoms with Crippen LogP contribution in [0.4, 0.5) is 5.13 Å². The van der Waals surface area contributed by atoms with Gasteiger partial charge in [0, 0.05) is 0 Å². The minimum absolute atomic E-state index is 0.0127. The molecule has 2 aromatic heterocycles. The van der Waals surface area contributed by atoms with Crippen LogP contribution in [0.3, 0.4) is 0 Å². The fourth-order valence-electron chi connectivity index (χ4n) is 1.67. The van der Waals surface area contributed by atoms with Gasteiger partial charge in [-0.25, -0.2) is 8.42 Å². The van der Waals surface area contributed by atoms with Crippen molar-refractivity contribution in [2.45, 2.75) is 4.90 Å². The molecule has 0 radical (unpaired) electrons. The van der Waals surface area contributed by atoms with E-state index in [-0.39, 0.29) is 15.6 Å². The number of rotatable bonds is 4. The maximum absolute atomic E-state index is 12.3. The molecule has 3 rings (SSSR count). The molecule has 1 N–H and O–H groups in total. The first kappa shape index (κ1) is 14.2. The smallest absolute Gasteiger partial charge is 0.263 e. The van der Waals surface area contributed by atoms with Crippen LogP contribution in [0.2, 0.25) is 0 Å². The molecule has 0 fully saturated rings. The number of sulfonamides is 1. The van der Waals surface area contributed by atoms with Crippen LogP contribution < -0.4 is 4.72 Å². The normalized spacial score (nSPS) is 11.0. The molecule has 0 saturated carbocycles. The molecule has 9 heteroatoms. The summed E-state index contributed by atoms with van der Waals surface area (Å²) in [6.45, 7) is 0. The third-order valence-corrected chi connectivity index (χ3v) is 4.97. The third kappa shape index (κ3) is 2.83. The number of hydrogen-bond acceptors (Lipinski definition) is 7. The van der Waals surface area contributed by atoms with Gasteiger partial charge in [-0.3, -0.25) is 4.72 Å². The van der Waals surface area contributed by atoms with Gasteiger partial charge in [-0.1, -0.05) is 17.4 Å². The van der Waals surface area contributed by atoms with Gasteiger partial charge in [-0.2, -0.15) is 5.26 Å². The van der Waals surface area contributed by atoms with Crippen molar-refractivity contribution in [3.63, 3.8) is 0 Å². The number of furan rings is 1. The first-order chi connectivity index (χ1) is 10.6. The summed E-state index contributed by atoms with van der Waals surface area (Å²) in [5, 5.41) is 17.1. The number of hydrogen-bond donors (Lipinski definition) is 1. The van der Waals surface area contributed by atoms with E-state index in [0.717, 1.165) is 11.3 Å². The van der Waals surface area contributed by atoms with Gasteiger partial charge in [0.1, 0.15) is 0 Å². The summed E-state index contributed by atoms with van der Waals surface area (Å²) in [6.07, 6.45) is 1.49. The van der Waals surface area contributed by atoms with E-state index in [4.69, 9.17) is 9.68 Å². The number of aromatic nitrogens is 2. The predicted octanol–water partition coefficient (Wildman–Crippen LogP) is 2.47. The monoisotopic (exact) mass is 332 g/mol. The maximum atomic E-state index is 12.3. The average Bonchev–Trinajstić information content (AvgIpc) is 3.18. The highest BCUT2D eigenvalue weighted by Crippen LogP contribution is 2.28. The summed E-state index contributed by atoms with van der Waals surface area (Å²) in [6, 6.07) is 11.0. The van der Waals surface area contributed by atoms with Crippen LogP contribution in [0.5, 0.6) is 0 Å². The van der Waals surface area contributed by atoms with Gasteiger partial charge in [0.05, 0.1) is 22.8 Å². The Morgan fingerprint density at radius 3 is 2.82 bits per heavy atom. The molecule has 0 amide bonds. The molecule has 0 atom stereocenters. The van der Waals surface area contributed by atoms with Crippen LogP contribution in [0.15, 0.2) is 52.0 Å². The Balaban J connectivity index is 1.87. The Bertz CT molecular complexity index is 940. The van der Waals surface area contributed by atoms with Gasteiger partial charge >= 0.3 is 0 Å². The zero-order chi connectivity index (χ0) is 15.6. The van der Waals surface area contributed by atoms with Gasteiger partial charge < -0.3 is 4.42 Å². The van der Waals surface area contributed by atoms with Crippen LogP contribution in [0.25, 0.3) is 10.8 Å². The Labute approximate surface area is 129 Å². The quantitative estimate of drug-likeness (QED) is 0.786. The van der Waals surface area contributed by atoms with E-state index >= 15 is 0 Å². The lowest BCUT2D eigenvalue weighted by atomic mass is 10.2. The Kier molecular flexibility index (Phi) is 3.62. The molecule has 0 spiro atoms. The van der Waals surface area contributed by atoms with E-state index in [9.17, 15) is 8.42 Å². The maximum Gasteiger partial charge on any atom is 0.263 e. The van der Waals surface area contributed by atoms with Crippen molar-refractivity contribution in [1.82, 2.24) is 10.2 Å². The van der Waals surface area contributed by atoms with Crippen LogP contribution in [0.1, 0.15) is 5.56 Å². The highest BCUT2D eigenvalue weighted by molar-refractivity contribution is 7.93. The number of benzene rings is 1. The van der Waals surface area contributed by atoms with E-state index in [0.29, 0.717) is 10.8 Å². The Hall–Kier alpha value is -2.70. The largest absolute Gasteiger partial charge is 0.462 e. The van der Waals surface area contributed by atoms with Crippen LogP contribution in [0, 0.1) is 11.3 Å². The van der Waals surface area contributed by atoms with Gasteiger partial charge in [0.15, 0.2) is 10.8 Å². The fourth-order valence-corrected chi connectivity index (χ4v) is 3.66. The fraction of sp³-hybridized carbons (Fsp3) is 0. The second kappa shape index (κ2) is 5.59. The van der Waals surface area contributed by atoms with Crippen molar-refractivity contribution in [1.29, 1.82) is 5.26 Å². The predicted molar refractivity (Wildman–Crippen MR) is 79.6 cm³/mol. The molecule has 1 aromatic carbocycles. The van der Waals surface area contributed by atoms with Crippen molar-refractivity contribution >= 4 is 26.5 Å². The molecule has 0 aliphatic carbocycles. The van der Waals surface area contributed by atoms with E-state index in [1.165, 1.54) is 30.5 Å². The highest BCUT2D eigenvalue weighted by Gasteiger charge is 2.18. The summed E-state index contributed by atoms with van der Waals surface area (Å²) >= 11 is 1.05. The lowest BCUT2D eigenvalue weighted by molar-refractivity contribution is 0.581. The summed E-state index contributed by atoms with van der Waals surface area (Å²) in [4.78, 5) is -0.0127. The second-order valence-electron chi connectivity index (χ2n) is 4.13. The lowest BCUT2D eigenvalue weighted by Gasteiger charge is -2.04. The molecule has 0 aliphatic heterocycles. The summed E-state index contributed by atoms with van der Waals surface area (Å²) in [5.41, 5.74) is 0.261. The van der Waals surface area contributed by atoms with E-state index < -0.39 is 10.0 Å². The molecule has 3 aromatic rings. The van der Waals surface area contributed by atoms with Gasteiger partial charge in [-0.05, 0) is 30.3 Å². The zero-order valence-corrected chi connectivity index (χ0v) is 12.6. The topological polar surface area (TPSA) is 109 Å². The molecule has 7 nitrogen and oxygen atoms in total. The standard InChI is InChI=1S/C13H8N4O3S2/c14-8-9-3-1-4-10(7-9)22(18,19)17-13-16-15-12(21-13)11-5-2-6-20-11/h1-7H,(H,16,17). The number of nitrogens with zero attached hydrogens (tertiary/aromatic N) is 3. The van der Waals surface area contributed by atoms with Crippen molar-refractivity contribution < 1.29 is 12.8 Å². The molecule has 110 valence electrons. The minimum atomic E-state index is -3.83. The number of nitriles is 1. The molecule has 22 heavy (non-hydrogen) atoms. The molecule has 0 saturated heterocycles. The Morgan fingerprint density at radius 2 is 2.09 bits per heavy atom. The van der Waals surface area contributed by atoms with Crippen LogP contribution in [-0.2, 0) is 10.0 Å². The molecule has 0 bridgehead atoms. The Morgan fingerprint density at radius 1 is 1.23 bits per heavy atom. The molecular weight excluding hydrogens is 324 g/mol. The van der Waals surface area contributed by atoms with Gasteiger partial charge in [0.2, 0.25) is 5.13 Å². The summed E-state index contributed by atoms with van der Waals surface area (Å²) < 4.78 is 32.0. The van der Waals surface area contributed by atoms with E-state index in [1.807, 2.05) is 6.07 Å². The van der Waals surface area contributed by atoms with Gasteiger partial charge in [-0.15, -0.1) is 10.2 Å². The number of nitrogens with one attached hydrogen (secondary N) is 1. The van der Waals surface area contributed by atoms with E-state index in [1.54, 1.807) is 12.1 Å². The van der Waals surface area contributed by atoms with Crippen LogP contribution in [-0.4, -0.2) is 18.6 Å². The molecule has 0 aliphatic rings. The third-order valence-electron chi connectivity index (χ3n) is 2.65. The van der Waals surface area contributed by atoms with Crippen LogP contribution >= 0.6 is 11.3 Å². The number of anilines is 1. The van der Waals surface area contributed by atoms with Gasteiger partial charge in [0.25, 0.3) is 10.0 Å².